The molecule has 1 aromatic carbocycles. The van der Waals surface area contributed by atoms with Gasteiger partial charge in [0.2, 0.25) is 0 Å². The number of carbonyl (C=O) groups is 1. The lowest BCUT2D eigenvalue weighted by atomic mass is 10.1. The second-order valence-electron chi connectivity index (χ2n) is 6.18. The van der Waals surface area contributed by atoms with Crippen LogP contribution >= 0.6 is 11.3 Å². The zero-order valence-electron chi connectivity index (χ0n) is 14.0. The number of nitrogens with zero attached hydrogens (tertiary/aromatic N) is 2. The van der Waals surface area contributed by atoms with Gasteiger partial charge in [-0.15, -0.1) is 11.3 Å². The Morgan fingerprint density at radius 1 is 1.33 bits per heavy atom. The van der Waals surface area contributed by atoms with Crippen LogP contribution in [0.4, 0.5) is 10.5 Å². The van der Waals surface area contributed by atoms with Gasteiger partial charge in [-0.05, 0) is 31.4 Å². The molecule has 6 heteroatoms. The second-order valence-corrected chi connectivity index (χ2v) is 7.24. The van der Waals surface area contributed by atoms with E-state index in [4.69, 9.17) is 0 Å². The Morgan fingerprint density at radius 2 is 2.17 bits per heavy atom. The van der Waals surface area contributed by atoms with Crippen LogP contribution in [-0.4, -0.2) is 37.2 Å². The smallest absolute Gasteiger partial charge is 0.314 e. The largest absolute Gasteiger partial charge is 0.371 e. The van der Waals surface area contributed by atoms with Crippen LogP contribution in [0.2, 0.25) is 0 Å². The van der Waals surface area contributed by atoms with E-state index in [1.165, 1.54) is 5.69 Å². The van der Waals surface area contributed by atoms with E-state index in [0.29, 0.717) is 12.5 Å². The maximum Gasteiger partial charge on any atom is 0.314 e. The van der Waals surface area contributed by atoms with Crippen molar-refractivity contribution in [2.24, 2.45) is 5.92 Å². The van der Waals surface area contributed by atoms with Crippen molar-refractivity contribution in [1.29, 1.82) is 0 Å². The SMILES string of the molecule is Cc1nc(CCNC(=O)NCC2CCN(c3ccccc3)C2)cs1. The third kappa shape index (κ3) is 4.71. The van der Waals surface area contributed by atoms with Gasteiger partial charge >= 0.3 is 6.03 Å². The number of benzene rings is 1. The van der Waals surface area contributed by atoms with E-state index >= 15 is 0 Å². The minimum absolute atomic E-state index is 0.0832. The number of aryl methyl sites for hydroxylation is 1. The Kier molecular flexibility index (Phi) is 5.69. The standard InChI is InChI=1S/C18H24N4OS/c1-14-21-16(13-24-14)7-9-19-18(23)20-11-15-8-10-22(12-15)17-5-3-2-4-6-17/h2-6,13,15H,7-12H2,1H3,(H2,19,20,23). The van der Waals surface area contributed by atoms with Crippen molar-refractivity contribution in [2.75, 3.05) is 31.1 Å². The minimum Gasteiger partial charge on any atom is -0.371 e. The lowest BCUT2D eigenvalue weighted by Crippen LogP contribution is -2.39. The second kappa shape index (κ2) is 8.15. The minimum atomic E-state index is -0.0832. The summed E-state index contributed by atoms with van der Waals surface area (Å²) in [5.74, 6) is 0.511. The van der Waals surface area contributed by atoms with Crippen LogP contribution in [0.25, 0.3) is 0 Å². The van der Waals surface area contributed by atoms with Crippen LogP contribution < -0.4 is 15.5 Å². The van der Waals surface area contributed by atoms with Gasteiger partial charge in [0, 0.05) is 43.7 Å². The number of hydrogen-bond acceptors (Lipinski definition) is 4. The molecule has 1 saturated heterocycles. The molecule has 1 unspecified atom stereocenters. The van der Waals surface area contributed by atoms with Gasteiger partial charge in [0.05, 0.1) is 10.7 Å². The molecule has 1 aliphatic rings. The summed E-state index contributed by atoms with van der Waals surface area (Å²) in [5, 5.41) is 9.02. The number of hydrogen-bond donors (Lipinski definition) is 2. The van der Waals surface area contributed by atoms with E-state index in [2.05, 4.69) is 44.8 Å². The van der Waals surface area contributed by atoms with Gasteiger partial charge in [-0.3, -0.25) is 0 Å². The number of carbonyl (C=O) groups excluding carboxylic acids is 1. The Labute approximate surface area is 147 Å². The fraction of sp³-hybridized carbons (Fsp3) is 0.444. The number of rotatable bonds is 6. The van der Waals surface area contributed by atoms with Crippen molar-refractivity contribution in [2.45, 2.75) is 19.8 Å². The highest BCUT2D eigenvalue weighted by atomic mass is 32.1. The topological polar surface area (TPSA) is 57.3 Å². The van der Waals surface area contributed by atoms with Crippen molar-refractivity contribution < 1.29 is 4.79 Å². The first-order valence-electron chi connectivity index (χ1n) is 8.43. The fourth-order valence-electron chi connectivity index (χ4n) is 3.00. The predicted molar refractivity (Wildman–Crippen MR) is 98.7 cm³/mol. The Bertz CT molecular complexity index is 658. The molecule has 1 fully saturated rings. The maximum atomic E-state index is 11.9. The highest BCUT2D eigenvalue weighted by Crippen LogP contribution is 2.22. The van der Waals surface area contributed by atoms with Gasteiger partial charge < -0.3 is 15.5 Å². The van der Waals surface area contributed by atoms with E-state index < -0.39 is 0 Å². The normalized spacial score (nSPS) is 17.0. The maximum absolute atomic E-state index is 11.9. The highest BCUT2D eigenvalue weighted by molar-refractivity contribution is 7.09. The molecule has 128 valence electrons. The molecular weight excluding hydrogens is 320 g/mol. The van der Waals surface area contributed by atoms with Crippen LogP contribution in [0.5, 0.6) is 0 Å². The highest BCUT2D eigenvalue weighted by Gasteiger charge is 2.22. The van der Waals surface area contributed by atoms with Gasteiger partial charge in [-0.1, -0.05) is 18.2 Å². The first-order chi connectivity index (χ1) is 11.7. The first-order valence-corrected chi connectivity index (χ1v) is 9.31. The molecule has 1 aromatic heterocycles. The fourth-order valence-corrected chi connectivity index (χ4v) is 3.65. The average molecular weight is 344 g/mol. The predicted octanol–water partition coefficient (Wildman–Crippen LogP) is 2.82. The van der Waals surface area contributed by atoms with Gasteiger partial charge in [-0.25, -0.2) is 9.78 Å². The summed E-state index contributed by atoms with van der Waals surface area (Å²) in [6, 6.07) is 10.4. The van der Waals surface area contributed by atoms with E-state index in [9.17, 15) is 4.79 Å². The Hall–Kier alpha value is -2.08. The van der Waals surface area contributed by atoms with E-state index in [1.54, 1.807) is 11.3 Å². The first kappa shape index (κ1) is 16.8. The number of anilines is 1. The summed E-state index contributed by atoms with van der Waals surface area (Å²) in [6.45, 7) is 5.40. The van der Waals surface area contributed by atoms with Crippen molar-refractivity contribution in [3.05, 3.63) is 46.4 Å². The molecule has 2 N–H and O–H groups in total. The average Bonchev–Trinajstić information content (AvgIpc) is 3.23. The number of nitrogens with one attached hydrogen (secondary N) is 2. The van der Waals surface area contributed by atoms with Crippen LogP contribution in [-0.2, 0) is 6.42 Å². The Balaban J connectivity index is 1.33. The molecule has 2 aromatic rings. The lowest BCUT2D eigenvalue weighted by Gasteiger charge is -2.18. The molecule has 1 atom stereocenters. The molecule has 0 bridgehead atoms. The number of thiazole rings is 1. The van der Waals surface area contributed by atoms with Gasteiger partial charge in [0.25, 0.3) is 0 Å². The molecule has 0 aliphatic carbocycles. The molecule has 5 nitrogen and oxygen atoms in total. The van der Waals surface area contributed by atoms with E-state index in [1.807, 2.05) is 18.4 Å². The third-order valence-corrected chi connectivity index (χ3v) is 5.11. The molecule has 24 heavy (non-hydrogen) atoms. The van der Waals surface area contributed by atoms with Crippen LogP contribution in [0.1, 0.15) is 17.1 Å². The van der Waals surface area contributed by atoms with E-state index in [0.717, 1.165) is 43.2 Å². The summed E-state index contributed by atoms with van der Waals surface area (Å²) >= 11 is 1.64. The number of aromatic nitrogens is 1. The summed E-state index contributed by atoms with van der Waals surface area (Å²) < 4.78 is 0. The zero-order chi connectivity index (χ0) is 16.8. The van der Waals surface area contributed by atoms with Gasteiger partial charge in [0.1, 0.15) is 0 Å². The molecule has 0 radical (unpaired) electrons. The molecule has 0 spiro atoms. The van der Waals surface area contributed by atoms with Crippen LogP contribution in [0.15, 0.2) is 35.7 Å². The summed E-state index contributed by atoms with van der Waals surface area (Å²) in [5.41, 5.74) is 2.31. The number of urea groups is 1. The quantitative estimate of drug-likeness (QED) is 0.847. The lowest BCUT2D eigenvalue weighted by molar-refractivity contribution is 0.239. The number of amides is 2. The number of para-hydroxylation sites is 1. The molecule has 2 heterocycles. The summed E-state index contributed by atoms with van der Waals surface area (Å²) in [6.07, 6.45) is 1.90. The van der Waals surface area contributed by atoms with Crippen LogP contribution in [0.3, 0.4) is 0 Å². The van der Waals surface area contributed by atoms with Crippen molar-refractivity contribution in [1.82, 2.24) is 15.6 Å². The molecule has 3 rings (SSSR count). The Morgan fingerprint density at radius 3 is 2.92 bits per heavy atom. The zero-order valence-corrected chi connectivity index (χ0v) is 14.8. The molecule has 2 amide bonds. The van der Waals surface area contributed by atoms with Gasteiger partial charge in [-0.2, -0.15) is 0 Å². The molecule has 1 aliphatic heterocycles. The van der Waals surface area contributed by atoms with Gasteiger partial charge in [0.15, 0.2) is 0 Å². The molecular formula is C18H24N4OS. The van der Waals surface area contributed by atoms with Crippen molar-refractivity contribution >= 4 is 23.1 Å². The van der Waals surface area contributed by atoms with Crippen molar-refractivity contribution in [3.8, 4) is 0 Å². The monoisotopic (exact) mass is 344 g/mol. The summed E-state index contributed by atoms with van der Waals surface area (Å²) in [7, 11) is 0. The molecule has 0 saturated carbocycles. The third-order valence-electron chi connectivity index (χ3n) is 4.29. The summed E-state index contributed by atoms with van der Waals surface area (Å²) in [4.78, 5) is 18.7. The van der Waals surface area contributed by atoms with Crippen molar-refractivity contribution in [3.63, 3.8) is 0 Å². The van der Waals surface area contributed by atoms with E-state index in [-0.39, 0.29) is 6.03 Å². The van der Waals surface area contributed by atoms with Crippen LogP contribution in [0, 0.1) is 12.8 Å².